The molecule has 2 atom stereocenters. The first-order valence-electron chi connectivity index (χ1n) is 5.66. The molecular weight excluding hydrogens is 252 g/mol. The Labute approximate surface area is 109 Å². The average Bonchev–Trinajstić information content (AvgIpc) is 2.23. The van der Waals surface area contributed by atoms with Crippen LogP contribution in [0, 0.1) is 13.8 Å². The van der Waals surface area contributed by atoms with Gasteiger partial charge in [-0.3, -0.25) is 9.59 Å². The van der Waals surface area contributed by atoms with Crippen molar-refractivity contribution in [2.45, 2.75) is 32.9 Å². The molecule has 0 spiro atoms. The molecule has 104 valence electrons. The number of carboxylic acid groups (broad SMARTS) is 1. The quantitative estimate of drug-likeness (QED) is 0.590. The highest BCUT2D eigenvalue weighted by molar-refractivity contribution is 5.97. The van der Waals surface area contributed by atoms with Crippen LogP contribution in [0.5, 0.6) is 0 Å². The minimum Gasteiger partial charge on any atom is -0.480 e. The number of rotatable bonds is 4. The van der Waals surface area contributed by atoms with Gasteiger partial charge in [0.1, 0.15) is 5.56 Å². The van der Waals surface area contributed by atoms with Gasteiger partial charge in [-0.2, -0.15) is 0 Å². The first-order valence-corrected chi connectivity index (χ1v) is 5.66. The Kier molecular flexibility index (Phi) is 4.44. The van der Waals surface area contributed by atoms with E-state index < -0.39 is 29.6 Å². The number of carboxylic acids is 1. The lowest BCUT2D eigenvalue weighted by molar-refractivity contribution is -0.141. The van der Waals surface area contributed by atoms with E-state index in [1.54, 1.807) is 19.9 Å². The number of aryl methyl sites for hydroxylation is 2. The third kappa shape index (κ3) is 3.41. The molecule has 0 aromatic carbocycles. The number of H-pyrrole nitrogens is 1. The van der Waals surface area contributed by atoms with E-state index in [1.807, 2.05) is 0 Å². The van der Waals surface area contributed by atoms with Gasteiger partial charge in [-0.25, -0.2) is 4.79 Å². The number of pyridine rings is 1. The molecule has 2 unspecified atom stereocenters. The van der Waals surface area contributed by atoms with Gasteiger partial charge < -0.3 is 20.5 Å². The molecule has 4 N–H and O–H groups in total. The van der Waals surface area contributed by atoms with E-state index in [4.69, 9.17) is 5.11 Å². The van der Waals surface area contributed by atoms with Gasteiger partial charge in [0.25, 0.3) is 11.5 Å². The minimum atomic E-state index is -1.47. The summed E-state index contributed by atoms with van der Waals surface area (Å²) in [5.74, 6) is -2.20. The third-order valence-corrected chi connectivity index (χ3v) is 2.63. The molecule has 0 aliphatic heterocycles. The molecule has 7 nitrogen and oxygen atoms in total. The predicted molar refractivity (Wildman–Crippen MR) is 67.1 cm³/mol. The van der Waals surface area contributed by atoms with Crippen LogP contribution in [0.3, 0.4) is 0 Å². The molecule has 0 aliphatic rings. The van der Waals surface area contributed by atoms with Crippen molar-refractivity contribution in [3.63, 3.8) is 0 Å². The van der Waals surface area contributed by atoms with Crippen molar-refractivity contribution in [2.24, 2.45) is 0 Å². The number of aliphatic hydroxyl groups is 1. The number of carbonyl (C=O) groups is 2. The smallest absolute Gasteiger partial charge is 0.328 e. The van der Waals surface area contributed by atoms with Crippen molar-refractivity contribution in [1.82, 2.24) is 10.3 Å². The second-order valence-electron chi connectivity index (χ2n) is 4.37. The zero-order valence-corrected chi connectivity index (χ0v) is 10.9. The topological polar surface area (TPSA) is 119 Å². The number of aromatic nitrogens is 1. The van der Waals surface area contributed by atoms with E-state index in [0.717, 1.165) is 0 Å². The zero-order chi connectivity index (χ0) is 14.7. The van der Waals surface area contributed by atoms with Crippen molar-refractivity contribution in [3.8, 4) is 0 Å². The van der Waals surface area contributed by atoms with Crippen LogP contribution in [0.2, 0.25) is 0 Å². The van der Waals surface area contributed by atoms with Crippen molar-refractivity contribution in [2.75, 3.05) is 0 Å². The third-order valence-electron chi connectivity index (χ3n) is 2.63. The number of aliphatic hydroxyl groups excluding tert-OH is 1. The summed E-state index contributed by atoms with van der Waals surface area (Å²) in [6.45, 7) is 4.49. The second-order valence-corrected chi connectivity index (χ2v) is 4.37. The molecule has 0 saturated carbocycles. The molecule has 0 bridgehead atoms. The predicted octanol–water partition coefficient (Wildman–Crippen LogP) is -0.444. The molecule has 0 fully saturated rings. The number of nitrogens with one attached hydrogen (secondary N) is 2. The van der Waals surface area contributed by atoms with E-state index in [0.29, 0.717) is 11.3 Å². The summed E-state index contributed by atoms with van der Waals surface area (Å²) < 4.78 is 0. The van der Waals surface area contributed by atoms with E-state index in [2.05, 4.69) is 10.3 Å². The van der Waals surface area contributed by atoms with Gasteiger partial charge in [-0.1, -0.05) is 0 Å². The van der Waals surface area contributed by atoms with Gasteiger partial charge in [-0.05, 0) is 32.4 Å². The number of aliphatic carboxylic acids is 1. The fourth-order valence-corrected chi connectivity index (χ4v) is 1.74. The van der Waals surface area contributed by atoms with Crippen molar-refractivity contribution < 1.29 is 19.8 Å². The molecule has 19 heavy (non-hydrogen) atoms. The number of hydrogen-bond donors (Lipinski definition) is 4. The van der Waals surface area contributed by atoms with Crippen molar-refractivity contribution in [1.29, 1.82) is 0 Å². The molecular formula is C12H16N2O5. The first kappa shape index (κ1) is 14.9. The highest BCUT2D eigenvalue weighted by Gasteiger charge is 2.27. The normalized spacial score (nSPS) is 13.7. The van der Waals surface area contributed by atoms with Crippen LogP contribution in [-0.2, 0) is 4.79 Å². The monoisotopic (exact) mass is 268 g/mol. The Balaban J connectivity index is 3.08. The van der Waals surface area contributed by atoms with E-state index in [9.17, 15) is 19.5 Å². The van der Waals surface area contributed by atoms with Crippen LogP contribution >= 0.6 is 0 Å². The average molecular weight is 268 g/mol. The summed E-state index contributed by atoms with van der Waals surface area (Å²) in [6, 6.07) is 0.140. The summed E-state index contributed by atoms with van der Waals surface area (Å²) in [7, 11) is 0. The van der Waals surface area contributed by atoms with Crippen LogP contribution < -0.4 is 10.9 Å². The van der Waals surface area contributed by atoms with Crippen LogP contribution in [0.15, 0.2) is 10.9 Å². The highest BCUT2D eigenvalue weighted by Crippen LogP contribution is 2.04. The SMILES string of the molecule is Cc1cc(C)c(C(=O)NC(C(=O)O)C(C)O)c(=O)[nH]1. The van der Waals surface area contributed by atoms with Gasteiger partial charge in [0.2, 0.25) is 0 Å². The molecule has 1 aromatic heterocycles. The van der Waals surface area contributed by atoms with Crippen molar-refractivity contribution >= 4 is 11.9 Å². The minimum absolute atomic E-state index is 0.155. The van der Waals surface area contributed by atoms with E-state index in [1.165, 1.54) is 6.92 Å². The maximum absolute atomic E-state index is 11.9. The van der Waals surface area contributed by atoms with E-state index >= 15 is 0 Å². The van der Waals surface area contributed by atoms with Gasteiger partial charge in [-0.15, -0.1) is 0 Å². The lowest BCUT2D eigenvalue weighted by atomic mass is 10.1. The Bertz CT molecular complexity index is 562. The maximum Gasteiger partial charge on any atom is 0.328 e. The van der Waals surface area contributed by atoms with Crippen LogP contribution in [0.1, 0.15) is 28.5 Å². The number of amides is 1. The highest BCUT2D eigenvalue weighted by atomic mass is 16.4. The number of carbonyl (C=O) groups excluding carboxylic acids is 1. The molecule has 1 rings (SSSR count). The van der Waals surface area contributed by atoms with Gasteiger partial charge >= 0.3 is 5.97 Å². The fraction of sp³-hybridized carbons (Fsp3) is 0.417. The fourth-order valence-electron chi connectivity index (χ4n) is 1.74. The molecule has 1 heterocycles. The molecule has 1 amide bonds. The van der Waals surface area contributed by atoms with Crippen LogP contribution in [0.25, 0.3) is 0 Å². The Hall–Kier alpha value is -2.15. The summed E-state index contributed by atoms with van der Waals surface area (Å²) in [6.07, 6.45) is -1.27. The zero-order valence-electron chi connectivity index (χ0n) is 10.9. The molecule has 1 aromatic rings. The lowest BCUT2D eigenvalue weighted by Gasteiger charge is -2.17. The second kappa shape index (κ2) is 5.66. The summed E-state index contributed by atoms with van der Waals surface area (Å²) in [5, 5.41) is 20.3. The maximum atomic E-state index is 11.9. The largest absolute Gasteiger partial charge is 0.480 e. The molecule has 0 aliphatic carbocycles. The van der Waals surface area contributed by atoms with Crippen LogP contribution in [-0.4, -0.2) is 39.2 Å². The summed E-state index contributed by atoms with van der Waals surface area (Å²) in [5.41, 5.74) is 0.292. The molecule has 7 heteroatoms. The van der Waals surface area contributed by atoms with Crippen LogP contribution in [0.4, 0.5) is 0 Å². The summed E-state index contributed by atoms with van der Waals surface area (Å²) in [4.78, 5) is 36.9. The molecule has 0 saturated heterocycles. The molecule has 0 radical (unpaired) electrons. The Morgan fingerprint density at radius 3 is 2.37 bits per heavy atom. The van der Waals surface area contributed by atoms with Gasteiger partial charge in [0.05, 0.1) is 6.10 Å². The Morgan fingerprint density at radius 1 is 1.37 bits per heavy atom. The standard InChI is InChI=1S/C12H16N2O5/c1-5-4-6(2)13-10(16)8(5)11(17)14-9(7(3)15)12(18)19/h4,7,9,15H,1-3H3,(H,13,16)(H,14,17)(H,18,19). The lowest BCUT2D eigenvalue weighted by Crippen LogP contribution is -2.48. The summed E-state index contributed by atoms with van der Waals surface area (Å²) >= 11 is 0. The van der Waals surface area contributed by atoms with Gasteiger partial charge in [0.15, 0.2) is 6.04 Å². The number of hydrogen-bond acceptors (Lipinski definition) is 4. The van der Waals surface area contributed by atoms with Gasteiger partial charge in [0, 0.05) is 5.69 Å². The van der Waals surface area contributed by atoms with E-state index in [-0.39, 0.29) is 5.56 Å². The van der Waals surface area contributed by atoms with Crippen molar-refractivity contribution in [3.05, 3.63) is 33.2 Å². The number of aromatic amines is 1. The Morgan fingerprint density at radius 2 is 1.95 bits per heavy atom. The first-order chi connectivity index (χ1) is 8.73.